The fourth-order valence-corrected chi connectivity index (χ4v) is 9.89. The number of phosphoric ester groups is 1. The molecule has 0 aromatic rings. The van der Waals surface area contributed by atoms with E-state index in [-0.39, 0.29) is 26.1 Å². The number of rotatable bonds is 64. The highest BCUT2D eigenvalue weighted by atomic mass is 31.2. The first kappa shape index (κ1) is 86.9. The molecule has 0 saturated heterocycles. The average molecular weight is 1290 g/mol. The molecular formula is C82H132NO8P. The number of ether oxygens (including phenoxy) is 2. The van der Waals surface area contributed by atoms with Gasteiger partial charge in [0.2, 0.25) is 0 Å². The summed E-state index contributed by atoms with van der Waals surface area (Å²) in [5.74, 6) is -0.894. The molecule has 10 heteroatoms. The summed E-state index contributed by atoms with van der Waals surface area (Å²) in [7, 11) is 1.11. The van der Waals surface area contributed by atoms with Crippen LogP contribution in [0.5, 0.6) is 0 Å². The molecule has 0 aliphatic rings. The topological polar surface area (TPSA) is 111 Å². The molecule has 0 bridgehead atoms. The van der Waals surface area contributed by atoms with Crippen molar-refractivity contribution in [2.75, 3.05) is 47.5 Å². The van der Waals surface area contributed by atoms with E-state index in [1.807, 2.05) is 21.1 Å². The molecule has 2 atom stereocenters. The molecule has 0 aromatic heterocycles. The second kappa shape index (κ2) is 70.2. The van der Waals surface area contributed by atoms with Crippen molar-refractivity contribution in [2.45, 2.75) is 264 Å². The van der Waals surface area contributed by atoms with Gasteiger partial charge >= 0.3 is 11.9 Å². The van der Waals surface area contributed by atoms with Crippen LogP contribution in [0.4, 0.5) is 0 Å². The largest absolute Gasteiger partial charge is 0.756 e. The molecule has 0 N–H and O–H groups in total. The summed E-state index contributed by atoms with van der Waals surface area (Å²) in [4.78, 5) is 38.1. The summed E-state index contributed by atoms with van der Waals surface area (Å²) in [6.45, 7) is 3.95. The van der Waals surface area contributed by atoms with E-state index in [4.69, 9.17) is 18.5 Å². The minimum atomic E-state index is -4.67. The van der Waals surface area contributed by atoms with Crippen LogP contribution in [-0.2, 0) is 32.7 Å². The van der Waals surface area contributed by atoms with Crippen molar-refractivity contribution in [1.29, 1.82) is 0 Å². The smallest absolute Gasteiger partial charge is 0.306 e. The van der Waals surface area contributed by atoms with E-state index in [0.717, 1.165) is 135 Å². The van der Waals surface area contributed by atoms with Crippen LogP contribution in [0.1, 0.15) is 258 Å². The van der Waals surface area contributed by atoms with E-state index in [1.165, 1.54) is 83.5 Å². The Morgan fingerprint density at radius 1 is 0.337 bits per heavy atom. The Morgan fingerprint density at radius 2 is 0.587 bits per heavy atom. The Kier molecular flexibility index (Phi) is 66.2. The highest BCUT2D eigenvalue weighted by Gasteiger charge is 2.22. The first-order valence-corrected chi connectivity index (χ1v) is 37.6. The van der Waals surface area contributed by atoms with E-state index < -0.39 is 32.5 Å². The summed E-state index contributed by atoms with van der Waals surface area (Å²) in [5.41, 5.74) is 0. The lowest BCUT2D eigenvalue weighted by Crippen LogP contribution is -2.37. The van der Waals surface area contributed by atoms with Crippen molar-refractivity contribution in [2.24, 2.45) is 0 Å². The molecule has 0 radical (unpaired) electrons. The Bertz CT molecular complexity index is 2260. The van der Waals surface area contributed by atoms with Gasteiger partial charge in [-0.3, -0.25) is 14.2 Å². The van der Waals surface area contributed by atoms with Gasteiger partial charge in [0.25, 0.3) is 7.82 Å². The van der Waals surface area contributed by atoms with E-state index in [9.17, 15) is 19.0 Å². The van der Waals surface area contributed by atoms with Crippen LogP contribution in [-0.4, -0.2) is 70.0 Å². The molecule has 92 heavy (non-hydrogen) atoms. The fourth-order valence-electron chi connectivity index (χ4n) is 9.16. The molecule has 0 aromatic carbocycles. The molecule has 0 amide bonds. The number of phosphoric acid groups is 1. The van der Waals surface area contributed by atoms with Gasteiger partial charge in [-0.1, -0.05) is 298 Å². The molecule has 0 rings (SSSR count). The second-order valence-electron chi connectivity index (χ2n) is 24.5. The van der Waals surface area contributed by atoms with Gasteiger partial charge in [-0.05, 0) is 141 Å². The maximum Gasteiger partial charge on any atom is 0.306 e. The van der Waals surface area contributed by atoms with Crippen LogP contribution in [0.25, 0.3) is 0 Å². The molecule has 2 unspecified atom stereocenters. The first-order valence-electron chi connectivity index (χ1n) is 36.1. The van der Waals surface area contributed by atoms with Crippen molar-refractivity contribution in [1.82, 2.24) is 0 Å². The standard InChI is InChI=1S/C82H132NO8P/c1-6-8-10-12-14-16-18-20-22-24-26-28-30-32-34-36-37-38-39-40-41-42-43-44-45-47-49-51-53-55-57-59-61-63-65-67-69-71-73-75-82(85)91-80(79-90-92(86,87)89-77-76-83(3,4)5)78-88-81(84)74-72-70-68-66-64-62-60-58-56-54-52-50-48-46-35-33-31-29-27-25-23-21-19-17-15-13-11-9-7-2/h8-11,14-17,20-23,26-29,32,34,37-38,40-41,43-44,47,49,53,55,59,61,65,67,80H,6-7,12-13,18-19,24-25,30-31,33,35-36,39,42,45-46,48,50-52,54,56-58,60,62-64,66,68-79H2,1-5H3/b10-8-,11-9-,16-14-,17-15-,22-20-,23-21-,28-26-,29-27-,34-32-,38-37-,41-40-,44-43-,49-47-,55-53-,61-59-,67-65-. The molecular weight excluding hydrogens is 1160 g/mol. The van der Waals surface area contributed by atoms with Gasteiger partial charge in [0, 0.05) is 12.8 Å². The summed E-state index contributed by atoms with van der Waals surface area (Å²) in [6.07, 6.45) is 109. The number of hydrogen-bond acceptors (Lipinski definition) is 8. The Hall–Kier alpha value is -5.15. The number of hydrogen-bond donors (Lipinski definition) is 0. The average Bonchev–Trinajstić information content (AvgIpc) is 2.14. The van der Waals surface area contributed by atoms with Crippen LogP contribution in [0.3, 0.4) is 0 Å². The van der Waals surface area contributed by atoms with Crippen LogP contribution in [0.15, 0.2) is 194 Å². The molecule has 0 spiro atoms. The van der Waals surface area contributed by atoms with Crippen LogP contribution in [0.2, 0.25) is 0 Å². The van der Waals surface area contributed by atoms with Gasteiger partial charge in [0.05, 0.1) is 27.7 Å². The van der Waals surface area contributed by atoms with Crippen molar-refractivity contribution in [3.8, 4) is 0 Å². The number of carbonyl (C=O) groups excluding carboxylic acids is 2. The summed E-state index contributed by atoms with van der Waals surface area (Å²) in [5, 5.41) is 0. The van der Waals surface area contributed by atoms with E-state index in [1.54, 1.807) is 0 Å². The molecule has 0 fully saturated rings. The summed E-state index contributed by atoms with van der Waals surface area (Å²) >= 11 is 0. The Morgan fingerprint density at radius 3 is 0.891 bits per heavy atom. The van der Waals surface area contributed by atoms with Crippen LogP contribution in [0, 0.1) is 0 Å². The minimum Gasteiger partial charge on any atom is -0.756 e. The van der Waals surface area contributed by atoms with Crippen LogP contribution < -0.4 is 4.89 Å². The Balaban J connectivity index is 4.19. The fraction of sp³-hybridized carbons (Fsp3) is 0.585. The van der Waals surface area contributed by atoms with Gasteiger partial charge in [0.1, 0.15) is 19.8 Å². The van der Waals surface area contributed by atoms with E-state index >= 15 is 0 Å². The van der Waals surface area contributed by atoms with Crippen molar-refractivity contribution in [3.05, 3.63) is 194 Å². The van der Waals surface area contributed by atoms with Gasteiger partial charge in [-0.25, -0.2) is 0 Å². The molecule has 518 valence electrons. The lowest BCUT2D eigenvalue weighted by molar-refractivity contribution is -0.870. The number of nitrogens with zero attached hydrogens (tertiary/aromatic N) is 1. The lowest BCUT2D eigenvalue weighted by atomic mass is 10.0. The maximum absolute atomic E-state index is 12.9. The quantitative estimate of drug-likeness (QED) is 0.0195. The van der Waals surface area contributed by atoms with Gasteiger partial charge in [-0.2, -0.15) is 0 Å². The summed E-state index contributed by atoms with van der Waals surface area (Å²) in [6, 6.07) is 0. The van der Waals surface area contributed by atoms with Gasteiger partial charge < -0.3 is 27.9 Å². The van der Waals surface area contributed by atoms with Crippen molar-refractivity contribution < 1.29 is 42.1 Å². The number of quaternary nitrogens is 1. The van der Waals surface area contributed by atoms with E-state index in [0.29, 0.717) is 23.9 Å². The van der Waals surface area contributed by atoms with Gasteiger partial charge in [-0.15, -0.1) is 0 Å². The second-order valence-corrected chi connectivity index (χ2v) is 25.9. The Labute approximate surface area is 564 Å². The molecule has 0 heterocycles. The first-order chi connectivity index (χ1) is 45.0. The monoisotopic (exact) mass is 1290 g/mol. The molecule has 0 aliphatic carbocycles. The predicted molar refractivity (Wildman–Crippen MR) is 396 cm³/mol. The van der Waals surface area contributed by atoms with Crippen LogP contribution >= 0.6 is 7.82 Å². The number of esters is 2. The zero-order valence-electron chi connectivity index (χ0n) is 58.9. The zero-order valence-corrected chi connectivity index (χ0v) is 59.8. The maximum atomic E-state index is 12.9. The highest BCUT2D eigenvalue weighted by Crippen LogP contribution is 2.38. The third-order valence-corrected chi connectivity index (χ3v) is 15.6. The minimum absolute atomic E-state index is 0.0491. The number of allylic oxidation sites excluding steroid dienone is 32. The predicted octanol–water partition coefficient (Wildman–Crippen LogP) is 23.4. The van der Waals surface area contributed by atoms with Crippen molar-refractivity contribution in [3.63, 3.8) is 0 Å². The molecule has 9 nitrogen and oxygen atoms in total. The highest BCUT2D eigenvalue weighted by molar-refractivity contribution is 7.45. The SMILES string of the molecule is CC/C=C\C/C=C\C/C=C\C/C=C\C/C=C\C/C=C\C/C=C\C/C=C\C/C=C\C/C=C\C/C=C\C/C=C\CCCCC(=O)OC(COC(=O)CCCCCCCCCCCCCCCCCC/C=C\C/C=C\C/C=C\C/C=C\CC)COP(=O)([O-])OCC[N+](C)(C)C. The zero-order chi connectivity index (χ0) is 66.9. The van der Waals surface area contributed by atoms with E-state index in [2.05, 4.69) is 208 Å². The van der Waals surface area contributed by atoms with Crippen molar-refractivity contribution >= 4 is 19.8 Å². The third-order valence-electron chi connectivity index (χ3n) is 14.6. The third kappa shape index (κ3) is 73.9. The molecule has 0 aliphatic heterocycles. The normalized spacial score (nSPS) is 14.3. The summed E-state index contributed by atoms with van der Waals surface area (Å²) < 4.78 is 34.3. The molecule has 0 saturated carbocycles. The lowest BCUT2D eigenvalue weighted by Gasteiger charge is -2.28. The van der Waals surface area contributed by atoms with Gasteiger partial charge in [0.15, 0.2) is 6.10 Å². The number of likely N-dealkylation sites (N-methyl/N-ethyl adjacent to an activating group) is 1. The number of carbonyl (C=O) groups is 2. The number of unbranched alkanes of at least 4 members (excludes halogenated alkanes) is 18.